The van der Waals surface area contributed by atoms with Gasteiger partial charge in [0.05, 0.1) is 6.04 Å². The Morgan fingerprint density at radius 1 is 1.15 bits per heavy atom. The molecule has 4 nitrogen and oxygen atoms in total. The molecule has 1 saturated heterocycles. The number of benzene rings is 1. The standard InChI is InChI=1S/C23H32N4/c1-18(19-8-4-3-5-9-19)11-15-27-13-7-6-10-22(27)23-24-16-20-17-26(2)14-12-21(20)25-23/h3-5,8-9,16,18,22H,6-7,10-15,17H2,1-2H3/t18-,22+/m1/s1. The summed E-state index contributed by atoms with van der Waals surface area (Å²) in [6, 6.07) is 11.3. The lowest BCUT2D eigenvalue weighted by atomic mass is 9.95. The second-order valence-corrected chi connectivity index (χ2v) is 8.34. The maximum Gasteiger partial charge on any atom is 0.145 e. The number of hydrogen-bond acceptors (Lipinski definition) is 4. The van der Waals surface area contributed by atoms with Gasteiger partial charge in [-0.2, -0.15) is 0 Å². The molecule has 3 heterocycles. The minimum absolute atomic E-state index is 0.395. The summed E-state index contributed by atoms with van der Waals surface area (Å²) in [6.07, 6.45) is 8.12. The van der Waals surface area contributed by atoms with Gasteiger partial charge in [-0.05, 0) is 50.9 Å². The maximum atomic E-state index is 5.03. The van der Waals surface area contributed by atoms with E-state index in [1.54, 1.807) is 0 Å². The molecule has 144 valence electrons. The molecular formula is C23H32N4. The Hall–Kier alpha value is -1.78. The lowest BCUT2D eigenvalue weighted by Crippen LogP contribution is -2.36. The Morgan fingerprint density at radius 2 is 2.00 bits per heavy atom. The highest BCUT2D eigenvalue weighted by molar-refractivity contribution is 5.22. The van der Waals surface area contributed by atoms with Gasteiger partial charge in [-0.3, -0.25) is 4.90 Å². The topological polar surface area (TPSA) is 32.3 Å². The molecule has 0 saturated carbocycles. The molecule has 27 heavy (non-hydrogen) atoms. The first kappa shape index (κ1) is 18.6. The molecule has 4 rings (SSSR count). The molecule has 0 unspecified atom stereocenters. The van der Waals surface area contributed by atoms with Crippen molar-refractivity contribution in [2.24, 2.45) is 0 Å². The summed E-state index contributed by atoms with van der Waals surface area (Å²) in [5.41, 5.74) is 4.04. The van der Waals surface area contributed by atoms with Crippen LogP contribution in [-0.4, -0.2) is 46.4 Å². The van der Waals surface area contributed by atoms with Gasteiger partial charge in [0.25, 0.3) is 0 Å². The number of hydrogen-bond donors (Lipinski definition) is 0. The molecule has 0 spiro atoms. The summed E-state index contributed by atoms with van der Waals surface area (Å²) in [5.74, 6) is 1.65. The molecule has 4 heteroatoms. The summed E-state index contributed by atoms with van der Waals surface area (Å²) in [4.78, 5) is 14.8. The van der Waals surface area contributed by atoms with Crippen molar-refractivity contribution in [2.45, 2.75) is 57.5 Å². The lowest BCUT2D eigenvalue weighted by Gasteiger charge is -2.36. The van der Waals surface area contributed by atoms with E-state index in [-0.39, 0.29) is 0 Å². The highest BCUT2D eigenvalue weighted by Crippen LogP contribution is 2.31. The summed E-state index contributed by atoms with van der Waals surface area (Å²) < 4.78 is 0. The van der Waals surface area contributed by atoms with Crippen molar-refractivity contribution in [3.8, 4) is 0 Å². The lowest BCUT2D eigenvalue weighted by molar-refractivity contribution is 0.137. The highest BCUT2D eigenvalue weighted by atomic mass is 15.2. The molecule has 2 aromatic rings. The highest BCUT2D eigenvalue weighted by Gasteiger charge is 2.27. The van der Waals surface area contributed by atoms with Crippen molar-refractivity contribution in [1.29, 1.82) is 0 Å². The van der Waals surface area contributed by atoms with Gasteiger partial charge < -0.3 is 4.90 Å². The van der Waals surface area contributed by atoms with Gasteiger partial charge >= 0.3 is 0 Å². The van der Waals surface area contributed by atoms with E-state index in [1.807, 2.05) is 0 Å². The zero-order valence-electron chi connectivity index (χ0n) is 16.8. The van der Waals surface area contributed by atoms with Crippen LogP contribution in [0.25, 0.3) is 0 Å². The van der Waals surface area contributed by atoms with Crippen LogP contribution in [0.1, 0.15) is 67.2 Å². The number of nitrogens with zero attached hydrogens (tertiary/aromatic N) is 4. The summed E-state index contributed by atoms with van der Waals surface area (Å²) >= 11 is 0. The fraction of sp³-hybridized carbons (Fsp3) is 0.565. The first-order valence-electron chi connectivity index (χ1n) is 10.5. The van der Waals surface area contributed by atoms with Crippen molar-refractivity contribution in [1.82, 2.24) is 19.8 Å². The van der Waals surface area contributed by atoms with Crippen LogP contribution in [0, 0.1) is 0 Å². The van der Waals surface area contributed by atoms with Crippen LogP contribution in [0.3, 0.4) is 0 Å². The van der Waals surface area contributed by atoms with Crippen molar-refractivity contribution in [3.63, 3.8) is 0 Å². The smallest absolute Gasteiger partial charge is 0.145 e. The van der Waals surface area contributed by atoms with E-state index in [0.29, 0.717) is 12.0 Å². The molecule has 2 aliphatic heterocycles. The number of aromatic nitrogens is 2. The SMILES string of the molecule is C[C@H](CCN1CCCC[C@H]1c1ncc2c(n1)CCN(C)C2)c1ccccc1. The molecule has 1 aromatic carbocycles. The third-order valence-corrected chi connectivity index (χ3v) is 6.27. The largest absolute Gasteiger partial charge is 0.302 e. The molecule has 2 atom stereocenters. The maximum absolute atomic E-state index is 5.03. The Balaban J connectivity index is 1.45. The third kappa shape index (κ3) is 4.39. The van der Waals surface area contributed by atoms with Crippen LogP contribution in [0.4, 0.5) is 0 Å². The average Bonchev–Trinajstić information content (AvgIpc) is 2.72. The molecule has 0 radical (unpaired) electrons. The number of piperidine rings is 1. The summed E-state index contributed by atoms with van der Waals surface area (Å²) in [7, 11) is 2.17. The van der Waals surface area contributed by atoms with Gasteiger partial charge in [0.2, 0.25) is 0 Å². The average molecular weight is 365 g/mol. The molecule has 2 aliphatic rings. The minimum atomic E-state index is 0.395. The first-order chi connectivity index (χ1) is 13.2. The van der Waals surface area contributed by atoms with Crippen molar-refractivity contribution in [3.05, 3.63) is 59.2 Å². The van der Waals surface area contributed by atoms with Crippen LogP contribution >= 0.6 is 0 Å². The molecule has 0 bridgehead atoms. The molecule has 0 amide bonds. The predicted molar refractivity (Wildman–Crippen MR) is 110 cm³/mol. The van der Waals surface area contributed by atoms with E-state index in [0.717, 1.165) is 31.9 Å². The Kier molecular flexibility index (Phi) is 5.84. The number of likely N-dealkylation sites (tertiary alicyclic amines) is 1. The second-order valence-electron chi connectivity index (χ2n) is 8.34. The summed E-state index contributed by atoms with van der Waals surface area (Å²) in [5, 5.41) is 0. The van der Waals surface area contributed by atoms with Crippen molar-refractivity contribution < 1.29 is 0 Å². The Bertz CT molecular complexity index is 745. The number of likely N-dealkylation sites (N-methyl/N-ethyl adjacent to an activating group) is 1. The Morgan fingerprint density at radius 3 is 2.85 bits per heavy atom. The van der Waals surface area contributed by atoms with Gasteiger partial charge in [-0.15, -0.1) is 0 Å². The van der Waals surface area contributed by atoms with E-state index >= 15 is 0 Å². The fourth-order valence-corrected chi connectivity index (χ4v) is 4.49. The normalized spacial score (nSPS) is 22.4. The third-order valence-electron chi connectivity index (χ3n) is 6.27. The second kappa shape index (κ2) is 8.49. The van der Waals surface area contributed by atoms with Crippen LogP contribution in [0.5, 0.6) is 0 Å². The quantitative estimate of drug-likeness (QED) is 0.796. The van der Waals surface area contributed by atoms with E-state index in [2.05, 4.69) is 60.3 Å². The first-order valence-corrected chi connectivity index (χ1v) is 10.5. The van der Waals surface area contributed by atoms with Crippen LogP contribution < -0.4 is 0 Å². The van der Waals surface area contributed by atoms with E-state index < -0.39 is 0 Å². The van der Waals surface area contributed by atoms with Gasteiger partial charge in [-0.25, -0.2) is 9.97 Å². The molecule has 0 N–H and O–H groups in total. The van der Waals surface area contributed by atoms with Gasteiger partial charge in [0.1, 0.15) is 5.82 Å². The number of rotatable bonds is 5. The molecular weight excluding hydrogens is 332 g/mol. The molecule has 1 aromatic heterocycles. The zero-order chi connectivity index (χ0) is 18.6. The van der Waals surface area contributed by atoms with Crippen molar-refractivity contribution in [2.75, 3.05) is 26.7 Å². The monoisotopic (exact) mass is 364 g/mol. The van der Waals surface area contributed by atoms with E-state index in [9.17, 15) is 0 Å². The van der Waals surface area contributed by atoms with Crippen LogP contribution in [0.2, 0.25) is 0 Å². The number of fused-ring (bicyclic) bond motifs is 1. The van der Waals surface area contributed by atoms with Crippen LogP contribution in [-0.2, 0) is 13.0 Å². The fourth-order valence-electron chi connectivity index (χ4n) is 4.49. The zero-order valence-corrected chi connectivity index (χ0v) is 16.8. The van der Waals surface area contributed by atoms with Gasteiger partial charge in [0, 0.05) is 37.0 Å². The molecule has 0 aliphatic carbocycles. The molecule has 1 fully saturated rings. The van der Waals surface area contributed by atoms with Gasteiger partial charge in [-0.1, -0.05) is 43.7 Å². The predicted octanol–water partition coefficient (Wildman–Crippen LogP) is 4.19. The van der Waals surface area contributed by atoms with E-state index in [4.69, 9.17) is 9.97 Å². The minimum Gasteiger partial charge on any atom is -0.302 e. The van der Waals surface area contributed by atoms with Crippen LogP contribution in [0.15, 0.2) is 36.5 Å². The van der Waals surface area contributed by atoms with E-state index in [1.165, 1.54) is 49.0 Å². The Labute approximate surface area is 163 Å². The van der Waals surface area contributed by atoms with Gasteiger partial charge in [0.15, 0.2) is 0 Å². The summed E-state index contributed by atoms with van der Waals surface area (Å²) in [6.45, 7) is 6.74. The van der Waals surface area contributed by atoms with Crippen molar-refractivity contribution >= 4 is 0 Å².